The molecule has 0 saturated carbocycles. The highest BCUT2D eigenvalue weighted by atomic mass is 32.1. The minimum absolute atomic E-state index is 0.433. The van der Waals surface area contributed by atoms with Gasteiger partial charge in [0.15, 0.2) is 16.6 Å². The topological polar surface area (TPSA) is 54.9 Å². The van der Waals surface area contributed by atoms with Crippen LogP contribution in [0.5, 0.6) is 11.5 Å². The highest BCUT2D eigenvalue weighted by molar-refractivity contribution is 7.80. The molecule has 0 fully saturated rings. The van der Waals surface area contributed by atoms with Gasteiger partial charge in [-0.1, -0.05) is 12.7 Å². The molecule has 1 rings (SSSR count). The Labute approximate surface area is 124 Å². The highest BCUT2D eigenvalue weighted by Gasteiger charge is 2.04. The summed E-state index contributed by atoms with van der Waals surface area (Å²) in [7, 11) is 1.59. The van der Waals surface area contributed by atoms with E-state index in [0.717, 1.165) is 12.1 Å². The van der Waals surface area contributed by atoms with Gasteiger partial charge in [-0.25, -0.2) is 0 Å². The monoisotopic (exact) mass is 293 g/mol. The van der Waals surface area contributed by atoms with Gasteiger partial charge in [-0.15, -0.1) is 0 Å². The smallest absolute Gasteiger partial charge is 0.186 e. The Morgan fingerprint density at radius 2 is 2.25 bits per heavy atom. The van der Waals surface area contributed by atoms with E-state index in [0.29, 0.717) is 23.2 Å². The number of hydrogen-bond acceptors (Lipinski definition) is 4. The van der Waals surface area contributed by atoms with E-state index in [9.17, 15) is 0 Å². The van der Waals surface area contributed by atoms with Crippen LogP contribution in [-0.2, 0) is 0 Å². The van der Waals surface area contributed by atoms with Crippen LogP contribution >= 0.6 is 12.2 Å². The maximum absolute atomic E-state index is 5.47. The molecular weight excluding hydrogens is 274 g/mol. The summed E-state index contributed by atoms with van der Waals surface area (Å²) in [5, 5.41) is 7.46. The SMILES string of the molecule is C=CCOc1ccc(/C=N\NC(=S)NCC)cc1OC. The van der Waals surface area contributed by atoms with Gasteiger partial charge in [0.05, 0.1) is 13.3 Å². The van der Waals surface area contributed by atoms with E-state index in [-0.39, 0.29) is 0 Å². The molecule has 0 aliphatic rings. The minimum atomic E-state index is 0.433. The van der Waals surface area contributed by atoms with Gasteiger partial charge < -0.3 is 14.8 Å². The fourth-order valence-electron chi connectivity index (χ4n) is 1.40. The second kappa shape index (κ2) is 8.92. The summed E-state index contributed by atoms with van der Waals surface area (Å²) in [6.45, 7) is 6.76. The molecule has 0 radical (unpaired) electrons. The van der Waals surface area contributed by atoms with E-state index < -0.39 is 0 Å². The van der Waals surface area contributed by atoms with Crippen LogP contribution in [-0.4, -0.2) is 31.6 Å². The van der Waals surface area contributed by atoms with Gasteiger partial charge >= 0.3 is 0 Å². The van der Waals surface area contributed by atoms with Gasteiger partial charge in [-0.3, -0.25) is 5.43 Å². The lowest BCUT2D eigenvalue weighted by atomic mass is 10.2. The van der Waals surface area contributed by atoms with E-state index in [4.69, 9.17) is 21.7 Å². The summed E-state index contributed by atoms with van der Waals surface area (Å²) >= 11 is 5.00. The zero-order valence-corrected chi connectivity index (χ0v) is 12.5. The molecule has 0 heterocycles. The third-order valence-corrected chi connectivity index (χ3v) is 2.50. The molecule has 0 saturated heterocycles. The van der Waals surface area contributed by atoms with E-state index in [1.165, 1.54) is 0 Å². The summed E-state index contributed by atoms with van der Waals surface area (Å²) in [5.74, 6) is 1.31. The molecule has 20 heavy (non-hydrogen) atoms. The first-order valence-electron chi connectivity index (χ1n) is 6.19. The lowest BCUT2D eigenvalue weighted by Gasteiger charge is -2.09. The van der Waals surface area contributed by atoms with Crippen LogP contribution in [0.4, 0.5) is 0 Å². The Morgan fingerprint density at radius 3 is 2.90 bits per heavy atom. The fourth-order valence-corrected chi connectivity index (χ4v) is 1.59. The number of hydrogen-bond donors (Lipinski definition) is 2. The summed E-state index contributed by atoms with van der Waals surface area (Å²) in [6.07, 6.45) is 3.34. The number of rotatable bonds is 7. The number of hydrazone groups is 1. The summed E-state index contributed by atoms with van der Waals surface area (Å²) in [5.41, 5.74) is 3.60. The van der Waals surface area contributed by atoms with Crippen molar-refractivity contribution in [2.24, 2.45) is 5.10 Å². The first kappa shape index (κ1) is 16.0. The zero-order valence-electron chi connectivity index (χ0n) is 11.7. The Balaban J connectivity index is 2.69. The number of nitrogens with zero attached hydrogens (tertiary/aromatic N) is 1. The van der Waals surface area contributed by atoms with Crippen LogP contribution in [0.3, 0.4) is 0 Å². The van der Waals surface area contributed by atoms with E-state index in [1.807, 2.05) is 25.1 Å². The molecule has 0 atom stereocenters. The maximum atomic E-state index is 5.47. The largest absolute Gasteiger partial charge is 0.493 e. The van der Waals surface area contributed by atoms with Crippen LogP contribution in [0.15, 0.2) is 36.0 Å². The number of thiocarbonyl (C=S) groups is 1. The van der Waals surface area contributed by atoms with Crippen LogP contribution in [0.25, 0.3) is 0 Å². The molecule has 0 amide bonds. The Morgan fingerprint density at radius 1 is 1.45 bits per heavy atom. The predicted molar refractivity (Wildman–Crippen MR) is 85.7 cm³/mol. The average Bonchev–Trinajstić information content (AvgIpc) is 2.46. The standard InChI is InChI=1S/C14H19N3O2S/c1-4-8-19-12-7-6-11(9-13(12)18-3)10-16-17-14(20)15-5-2/h4,6-7,9-10H,1,5,8H2,2-3H3,(H2,15,17,20)/b16-10-. The summed E-state index contributed by atoms with van der Waals surface area (Å²) in [4.78, 5) is 0. The van der Waals surface area contributed by atoms with Gasteiger partial charge in [0.25, 0.3) is 0 Å². The van der Waals surface area contributed by atoms with Crippen molar-refractivity contribution in [3.05, 3.63) is 36.4 Å². The molecule has 1 aromatic rings. The third-order valence-electron chi connectivity index (χ3n) is 2.26. The average molecular weight is 293 g/mol. The summed E-state index contributed by atoms with van der Waals surface area (Å²) < 4.78 is 10.7. The lowest BCUT2D eigenvalue weighted by Crippen LogP contribution is -2.31. The predicted octanol–water partition coefficient (Wildman–Crippen LogP) is 2.08. The van der Waals surface area contributed by atoms with E-state index in [2.05, 4.69) is 22.4 Å². The Kier molecular flexibility index (Phi) is 7.13. The molecule has 0 aliphatic carbocycles. The first-order valence-corrected chi connectivity index (χ1v) is 6.60. The maximum Gasteiger partial charge on any atom is 0.186 e. The van der Waals surface area contributed by atoms with Gasteiger partial charge in [-0.05, 0) is 42.9 Å². The quantitative estimate of drug-likeness (QED) is 0.349. The Bertz CT molecular complexity index is 489. The van der Waals surface area contributed by atoms with Gasteiger partial charge in [-0.2, -0.15) is 5.10 Å². The minimum Gasteiger partial charge on any atom is -0.493 e. The normalized spacial score (nSPS) is 10.1. The Hall–Kier alpha value is -2.08. The number of nitrogens with one attached hydrogen (secondary N) is 2. The van der Waals surface area contributed by atoms with Crippen molar-refractivity contribution in [1.29, 1.82) is 0 Å². The third kappa shape index (κ3) is 5.27. The van der Waals surface area contributed by atoms with Crippen molar-refractivity contribution in [2.45, 2.75) is 6.92 Å². The van der Waals surface area contributed by atoms with E-state index in [1.54, 1.807) is 19.4 Å². The van der Waals surface area contributed by atoms with Crippen LogP contribution in [0.1, 0.15) is 12.5 Å². The molecule has 1 aromatic carbocycles. The number of methoxy groups -OCH3 is 1. The van der Waals surface area contributed by atoms with Gasteiger partial charge in [0, 0.05) is 6.54 Å². The lowest BCUT2D eigenvalue weighted by molar-refractivity contribution is 0.326. The van der Waals surface area contributed by atoms with Crippen molar-refractivity contribution in [3.8, 4) is 11.5 Å². The van der Waals surface area contributed by atoms with Crippen molar-refractivity contribution < 1.29 is 9.47 Å². The molecule has 0 bridgehead atoms. The summed E-state index contributed by atoms with van der Waals surface area (Å²) in [6, 6.07) is 5.54. The van der Waals surface area contributed by atoms with Crippen molar-refractivity contribution >= 4 is 23.5 Å². The molecule has 5 nitrogen and oxygen atoms in total. The molecule has 2 N–H and O–H groups in total. The van der Waals surface area contributed by atoms with Crippen molar-refractivity contribution in [3.63, 3.8) is 0 Å². The zero-order chi connectivity index (χ0) is 14.8. The number of benzene rings is 1. The first-order chi connectivity index (χ1) is 9.71. The van der Waals surface area contributed by atoms with Crippen LogP contribution in [0.2, 0.25) is 0 Å². The second-order valence-corrected chi connectivity index (χ2v) is 4.15. The molecule has 0 aliphatic heterocycles. The molecule has 0 aromatic heterocycles. The second-order valence-electron chi connectivity index (χ2n) is 3.74. The fraction of sp³-hybridized carbons (Fsp3) is 0.286. The molecule has 6 heteroatoms. The molecule has 108 valence electrons. The molecular formula is C14H19N3O2S. The highest BCUT2D eigenvalue weighted by Crippen LogP contribution is 2.27. The van der Waals surface area contributed by atoms with Crippen molar-refractivity contribution in [1.82, 2.24) is 10.7 Å². The van der Waals surface area contributed by atoms with Gasteiger partial charge in [0.1, 0.15) is 6.61 Å². The molecule has 0 unspecified atom stereocenters. The van der Waals surface area contributed by atoms with Crippen LogP contribution in [0, 0.1) is 0 Å². The van der Waals surface area contributed by atoms with Crippen LogP contribution < -0.4 is 20.2 Å². The number of ether oxygens (including phenoxy) is 2. The molecule has 0 spiro atoms. The van der Waals surface area contributed by atoms with Crippen molar-refractivity contribution in [2.75, 3.05) is 20.3 Å². The van der Waals surface area contributed by atoms with Gasteiger partial charge in [0.2, 0.25) is 0 Å². The van der Waals surface area contributed by atoms with E-state index >= 15 is 0 Å².